The van der Waals surface area contributed by atoms with Crippen LogP contribution in [0.1, 0.15) is 18.0 Å². The first-order valence-electron chi connectivity index (χ1n) is 10.0. The number of hydrogen-bond donors (Lipinski definition) is 2. The molecule has 0 aliphatic carbocycles. The molecule has 1 amide bonds. The Morgan fingerprint density at radius 3 is 2.41 bits per heavy atom. The molecule has 4 rings (SSSR count). The standard InChI is InChI=1S/C22H28N4O3/c1-28-17-8-9-18(21(14-17)29-2)19-15-20(24-23-19)22(27)26-12-10-25(11-13-26)16-6-4-3-5-7-16/h3-9,14,19-20,23-24H,10-13,15H2,1-2H3. The van der Waals surface area contributed by atoms with Gasteiger partial charge >= 0.3 is 0 Å². The van der Waals surface area contributed by atoms with Crippen LogP contribution in [0.25, 0.3) is 0 Å². The van der Waals surface area contributed by atoms with Gasteiger partial charge in [0.25, 0.3) is 0 Å². The molecule has 0 bridgehead atoms. The van der Waals surface area contributed by atoms with Crippen LogP contribution in [-0.4, -0.2) is 57.2 Å². The van der Waals surface area contributed by atoms with Crippen LogP contribution in [0.5, 0.6) is 11.5 Å². The number of hydrogen-bond acceptors (Lipinski definition) is 6. The van der Waals surface area contributed by atoms with Crippen LogP contribution < -0.4 is 25.2 Å². The minimum atomic E-state index is -0.241. The molecule has 2 aromatic rings. The van der Waals surface area contributed by atoms with Gasteiger partial charge in [-0.1, -0.05) is 24.3 Å². The molecule has 0 saturated carbocycles. The Hall–Kier alpha value is -2.77. The normalized spacial score (nSPS) is 21.9. The van der Waals surface area contributed by atoms with Crippen molar-refractivity contribution in [1.82, 2.24) is 15.8 Å². The summed E-state index contributed by atoms with van der Waals surface area (Å²) in [7, 11) is 3.28. The van der Waals surface area contributed by atoms with Crippen molar-refractivity contribution in [3.8, 4) is 11.5 Å². The minimum absolute atomic E-state index is 0.00964. The minimum Gasteiger partial charge on any atom is -0.497 e. The van der Waals surface area contributed by atoms with E-state index in [1.165, 1.54) is 5.69 Å². The molecule has 7 heteroatoms. The van der Waals surface area contributed by atoms with Crippen LogP contribution >= 0.6 is 0 Å². The Kier molecular flexibility index (Phi) is 5.87. The highest BCUT2D eigenvalue weighted by molar-refractivity contribution is 5.82. The first kappa shape index (κ1) is 19.5. The number of carbonyl (C=O) groups is 1. The number of carbonyl (C=O) groups excluding carboxylic acids is 1. The highest BCUT2D eigenvalue weighted by atomic mass is 16.5. The number of anilines is 1. The summed E-state index contributed by atoms with van der Waals surface area (Å²) in [6, 6.07) is 15.9. The van der Waals surface area contributed by atoms with Gasteiger partial charge in [-0.2, -0.15) is 0 Å². The van der Waals surface area contributed by atoms with Gasteiger partial charge in [-0.15, -0.1) is 0 Å². The van der Waals surface area contributed by atoms with E-state index in [2.05, 4.69) is 40.0 Å². The Bertz CT molecular complexity index is 837. The van der Waals surface area contributed by atoms with E-state index < -0.39 is 0 Å². The highest BCUT2D eigenvalue weighted by Crippen LogP contribution is 2.33. The maximum Gasteiger partial charge on any atom is 0.241 e. The number of benzene rings is 2. The summed E-state index contributed by atoms with van der Waals surface area (Å²) in [5, 5.41) is 0. The largest absolute Gasteiger partial charge is 0.497 e. The molecule has 154 valence electrons. The molecule has 2 saturated heterocycles. The first-order valence-corrected chi connectivity index (χ1v) is 10.0. The van der Waals surface area contributed by atoms with Crippen LogP contribution in [-0.2, 0) is 4.79 Å². The summed E-state index contributed by atoms with van der Waals surface area (Å²) in [6.45, 7) is 3.18. The quantitative estimate of drug-likeness (QED) is 0.806. The van der Waals surface area contributed by atoms with E-state index >= 15 is 0 Å². The van der Waals surface area contributed by atoms with Gasteiger partial charge < -0.3 is 19.3 Å². The third-order valence-corrected chi connectivity index (χ3v) is 5.73. The molecule has 7 nitrogen and oxygen atoms in total. The second-order valence-electron chi connectivity index (χ2n) is 7.39. The fourth-order valence-electron chi connectivity index (χ4n) is 4.07. The maximum atomic E-state index is 13.0. The lowest BCUT2D eigenvalue weighted by Gasteiger charge is -2.37. The zero-order chi connectivity index (χ0) is 20.2. The van der Waals surface area contributed by atoms with Crippen molar-refractivity contribution >= 4 is 11.6 Å². The van der Waals surface area contributed by atoms with Crippen molar-refractivity contribution in [2.24, 2.45) is 0 Å². The van der Waals surface area contributed by atoms with Crippen molar-refractivity contribution < 1.29 is 14.3 Å². The number of hydrazine groups is 1. The lowest BCUT2D eigenvalue weighted by Crippen LogP contribution is -2.53. The molecule has 2 aromatic carbocycles. The van der Waals surface area contributed by atoms with Gasteiger partial charge in [-0.25, -0.2) is 10.9 Å². The Balaban J connectivity index is 1.36. The molecule has 2 fully saturated rings. The zero-order valence-corrected chi connectivity index (χ0v) is 16.9. The van der Waals surface area contributed by atoms with E-state index in [-0.39, 0.29) is 18.0 Å². The SMILES string of the molecule is COc1ccc(C2CC(C(=O)N3CCN(c4ccccc4)CC3)NN2)c(OC)c1. The molecule has 2 aliphatic rings. The number of rotatable bonds is 5. The summed E-state index contributed by atoms with van der Waals surface area (Å²) < 4.78 is 10.8. The van der Waals surface area contributed by atoms with Gasteiger partial charge in [0.2, 0.25) is 5.91 Å². The van der Waals surface area contributed by atoms with Gasteiger partial charge in [0.1, 0.15) is 17.5 Å². The topological polar surface area (TPSA) is 66.1 Å². The summed E-state index contributed by atoms with van der Waals surface area (Å²) in [5.41, 5.74) is 8.68. The number of methoxy groups -OCH3 is 2. The summed E-state index contributed by atoms with van der Waals surface area (Å²) in [6.07, 6.45) is 0.681. The first-order chi connectivity index (χ1) is 14.2. The average molecular weight is 396 g/mol. The highest BCUT2D eigenvalue weighted by Gasteiger charge is 2.35. The molecule has 0 aromatic heterocycles. The predicted molar refractivity (Wildman–Crippen MR) is 112 cm³/mol. The van der Waals surface area contributed by atoms with Crippen molar-refractivity contribution in [3.05, 3.63) is 54.1 Å². The predicted octanol–water partition coefficient (Wildman–Crippen LogP) is 1.96. The molecule has 2 atom stereocenters. The number of piperazine rings is 1. The van der Waals surface area contributed by atoms with Gasteiger partial charge in [0, 0.05) is 43.5 Å². The smallest absolute Gasteiger partial charge is 0.241 e. The third kappa shape index (κ3) is 4.16. The van der Waals surface area contributed by atoms with Crippen LogP contribution in [0.2, 0.25) is 0 Å². The molecule has 2 aliphatic heterocycles. The van der Waals surface area contributed by atoms with E-state index in [0.29, 0.717) is 6.42 Å². The second-order valence-corrected chi connectivity index (χ2v) is 7.39. The summed E-state index contributed by atoms with van der Waals surface area (Å²) in [5.74, 6) is 1.66. The lowest BCUT2D eigenvalue weighted by molar-refractivity contribution is -0.133. The van der Waals surface area contributed by atoms with Crippen LogP contribution in [0.15, 0.2) is 48.5 Å². The molecule has 2 N–H and O–H groups in total. The summed E-state index contributed by atoms with van der Waals surface area (Å²) in [4.78, 5) is 17.3. The number of para-hydroxylation sites is 1. The van der Waals surface area contributed by atoms with E-state index in [9.17, 15) is 4.79 Å². The lowest BCUT2D eigenvalue weighted by atomic mass is 10.00. The van der Waals surface area contributed by atoms with Crippen molar-refractivity contribution in [2.75, 3.05) is 45.3 Å². The van der Waals surface area contributed by atoms with Gasteiger partial charge in [0.15, 0.2) is 0 Å². The second kappa shape index (κ2) is 8.71. The number of amides is 1. The Morgan fingerprint density at radius 1 is 0.966 bits per heavy atom. The van der Waals surface area contributed by atoms with E-state index in [1.807, 2.05) is 29.2 Å². The van der Waals surface area contributed by atoms with E-state index in [4.69, 9.17) is 9.47 Å². The van der Waals surface area contributed by atoms with Gasteiger partial charge in [-0.3, -0.25) is 4.79 Å². The molecule has 2 unspecified atom stereocenters. The monoisotopic (exact) mass is 396 g/mol. The molecule has 2 heterocycles. The molecule has 0 spiro atoms. The van der Waals surface area contributed by atoms with E-state index in [1.54, 1.807) is 14.2 Å². The molecular formula is C22H28N4O3. The zero-order valence-electron chi connectivity index (χ0n) is 16.9. The molecule has 29 heavy (non-hydrogen) atoms. The molecule has 0 radical (unpaired) electrons. The van der Waals surface area contributed by atoms with Crippen molar-refractivity contribution in [2.45, 2.75) is 18.5 Å². The number of nitrogens with zero attached hydrogens (tertiary/aromatic N) is 2. The Morgan fingerprint density at radius 2 is 1.72 bits per heavy atom. The maximum absolute atomic E-state index is 13.0. The van der Waals surface area contributed by atoms with Crippen LogP contribution in [0, 0.1) is 0 Å². The van der Waals surface area contributed by atoms with E-state index in [0.717, 1.165) is 43.2 Å². The van der Waals surface area contributed by atoms with Crippen LogP contribution in [0.4, 0.5) is 5.69 Å². The number of nitrogens with one attached hydrogen (secondary N) is 2. The third-order valence-electron chi connectivity index (χ3n) is 5.73. The van der Waals surface area contributed by atoms with Gasteiger partial charge in [-0.05, 0) is 24.6 Å². The fraction of sp³-hybridized carbons (Fsp3) is 0.409. The summed E-state index contributed by atoms with van der Waals surface area (Å²) >= 11 is 0. The Labute approximate surface area is 171 Å². The fourth-order valence-corrected chi connectivity index (χ4v) is 4.07. The van der Waals surface area contributed by atoms with Crippen molar-refractivity contribution in [1.29, 1.82) is 0 Å². The van der Waals surface area contributed by atoms with Crippen molar-refractivity contribution in [3.63, 3.8) is 0 Å². The van der Waals surface area contributed by atoms with Crippen LogP contribution in [0.3, 0.4) is 0 Å². The number of ether oxygens (including phenoxy) is 2. The molecular weight excluding hydrogens is 368 g/mol. The average Bonchev–Trinajstić information content (AvgIpc) is 3.29. The van der Waals surface area contributed by atoms with Gasteiger partial charge in [0.05, 0.1) is 20.3 Å².